The van der Waals surface area contributed by atoms with Gasteiger partial charge in [0.15, 0.2) is 0 Å². The minimum atomic E-state index is -1.01. The fourth-order valence-corrected chi connectivity index (χ4v) is 1.07. The molecule has 1 amide bonds. The Morgan fingerprint density at radius 3 is 2.93 bits per heavy atom. The molecule has 3 N–H and O–H groups in total. The van der Waals surface area contributed by atoms with Gasteiger partial charge in [0.05, 0.1) is 5.69 Å². The van der Waals surface area contributed by atoms with Crippen molar-refractivity contribution >= 4 is 11.8 Å². The van der Waals surface area contributed by atoms with Crippen LogP contribution >= 0.6 is 0 Å². The minimum Gasteiger partial charge on any atom is -0.492 e. The van der Waals surface area contributed by atoms with Gasteiger partial charge in [-0.1, -0.05) is 6.07 Å². The lowest BCUT2D eigenvalue weighted by atomic mass is 10.3. The van der Waals surface area contributed by atoms with Gasteiger partial charge in [0.2, 0.25) is 0 Å². The molecule has 0 aliphatic heterocycles. The Morgan fingerprint density at radius 2 is 2.33 bits per heavy atom. The van der Waals surface area contributed by atoms with E-state index in [2.05, 4.69) is 0 Å². The number of nitrogens with two attached hydrogens (primary N) is 1. The van der Waals surface area contributed by atoms with E-state index in [4.69, 9.17) is 15.6 Å². The van der Waals surface area contributed by atoms with Crippen molar-refractivity contribution in [1.82, 2.24) is 0 Å². The summed E-state index contributed by atoms with van der Waals surface area (Å²) in [4.78, 5) is 11.8. The van der Waals surface area contributed by atoms with E-state index in [0.29, 0.717) is 24.6 Å². The molecule has 0 fully saturated rings. The molecule has 5 heteroatoms. The van der Waals surface area contributed by atoms with Crippen molar-refractivity contribution in [2.24, 2.45) is 5.73 Å². The number of ether oxygens (including phenoxy) is 1. The largest absolute Gasteiger partial charge is 0.492 e. The third-order valence-corrected chi connectivity index (χ3v) is 1.88. The van der Waals surface area contributed by atoms with Gasteiger partial charge in [-0.05, 0) is 12.1 Å². The molecule has 0 aromatic heterocycles. The lowest BCUT2D eigenvalue weighted by Crippen LogP contribution is -2.23. The highest BCUT2D eigenvalue weighted by atomic mass is 16.5. The first kappa shape index (κ1) is 11.3. The Balaban J connectivity index is 2.77. The summed E-state index contributed by atoms with van der Waals surface area (Å²) in [6.07, 6.45) is -1.01. The first-order chi connectivity index (χ1) is 7.15. The summed E-state index contributed by atoms with van der Waals surface area (Å²) in [7, 11) is 1.48. The number of benzene rings is 1. The normalized spacial score (nSPS) is 9.73. The highest BCUT2D eigenvalue weighted by molar-refractivity contribution is 5.85. The fraction of sp³-hybridized carbons (Fsp3) is 0.300. The van der Waals surface area contributed by atoms with Crippen molar-refractivity contribution in [2.75, 3.05) is 25.1 Å². The summed E-state index contributed by atoms with van der Waals surface area (Å²) in [5, 5.41) is 8.77. The molecule has 0 unspecified atom stereocenters. The van der Waals surface area contributed by atoms with Gasteiger partial charge in [-0.3, -0.25) is 4.90 Å². The molecule has 0 saturated heterocycles. The maximum atomic E-state index is 10.7. The predicted octanol–water partition coefficient (Wildman–Crippen LogP) is 1.14. The predicted molar refractivity (Wildman–Crippen MR) is 57.4 cm³/mol. The molecule has 0 heterocycles. The molecule has 82 valence electrons. The zero-order valence-corrected chi connectivity index (χ0v) is 8.51. The van der Waals surface area contributed by atoms with E-state index < -0.39 is 6.09 Å². The van der Waals surface area contributed by atoms with E-state index in [1.165, 1.54) is 7.05 Å². The van der Waals surface area contributed by atoms with Gasteiger partial charge in [0.25, 0.3) is 0 Å². The monoisotopic (exact) mass is 210 g/mol. The van der Waals surface area contributed by atoms with Gasteiger partial charge >= 0.3 is 6.09 Å². The number of carbonyl (C=O) groups is 1. The number of rotatable bonds is 4. The zero-order valence-electron chi connectivity index (χ0n) is 8.51. The third kappa shape index (κ3) is 3.14. The Labute approximate surface area is 88.1 Å². The van der Waals surface area contributed by atoms with Gasteiger partial charge < -0.3 is 15.6 Å². The summed E-state index contributed by atoms with van der Waals surface area (Å²) >= 11 is 0. The molecular formula is C10H14N2O3. The van der Waals surface area contributed by atoms with E-state index in [0.717, 1.165) is 4.90 Å². The quantitative estimate of drug-likeness (QED) is 0.781. The first-order valence-electron chi connectivity index (χ1n) is 4.54. The number of anilines is 1. The van der Waals surface area contributed by atoms with Crippen LogP contribution in [0.1, 0.15) is 0 Å². The summed E-state index contributed by atoms with van der Waals surface area (Å²) in [6, 6.07) is 6.85. The molecule has 0 spiro atoms. The van der Waals surface area contributed by atoms with E-state index in [1.807, 2.05) is 0 Å². The van der Waals surface area contributed by atoms with Crippen LogP contribution in [0.5, 0.6) is 5.75 Å². The van der Waals surface area contributed by atoms with Crippen LogP contribution in [0.3, 0.4) is 0 Å². The topological polar surface area (TPSA) is 75.8 Å². The Morgan fingerprint density at radius 1 is 1.60 bits per heavy atom. The van der Waals surface area contributed by atoms with Gasteiger partial charge in [-0.25, -0.2) is 4.79 Å². The first-order valence-corrected chi connectivity index (χ1v) is 4.54. The van der Waals surface area contributed by atoms with Gasteiger partial charge in [-0.15, -0.1) is 0 Å². The minimum absolute atomic E-state index is 0.417. The van der Waals surface area contributed by atoms with E-state index in [1.54, 1.807) is 24.3 Å². The van der Waals surface area contributed by atoms with Crippen LogP contribution in [-0.4, -0.2) is 31.4 Å². The second kappa shape index (κ2) is 5.21. The van der Waals surface area contributed by atoms with Crippen molar-refractivity contribution in [2.45, 2.75) is 0 Å². The maximum Gasteiger partial charge on any atom is 0.411 e. The molecule has 0 saturated carbocycles. The standard InChI is InChI=1S/C10H14N2O3/c1-12(10(13)14)8-3-2-4-9(7-8)15-6-5-11/h2-4,7H,5-6,11H2,1H3,(H,13,14). The molecule has 15 heavy (non-hydrogen) atoms. The lowest BCUT2D eigenvalue weighted by Gasteiger charge is -2.14. The van der Waals surface area contributed by atoms with E-state index in [-0.39, 0.29) is 0 Å². The molecular weight excluding hydrogens is 196 g/mol. The molecule has 1 rings (SSSR count). The van der Waals surface area contributed by atoms with Gasteiger partial charge in [0.1, 0.15) is 12.4 Å². The van der Waals surface area contributed by atoms with Crippen molar-refractivity contribution < 1.29 is 14.6 Å². The van der Waals surface area contributed by atoms with Crippen LogP contribution in [0.25, 0.3) is 0 Å². The SMILES string of the molecule is CN(C(=O)O)c1cccc(OCCN)c1. The second-order valence-corrected chi connectivity index (χ2v) is 2.98. The van der Waals surface area contributed by atoms with Crippen LogP contribution in [-0.2, 0) is 0 Å². The lowest BCUT2D eigenvalue weighted by molar-refractivity contribution is 0.203. The van der Waals surface area contributed by atoms with E-state index in [9.17, 15) is 4.79 Å². The Bertz CT molecular complexity index is 341. The molecule has 5 nitrogen and oxygen atoms in total. The van der Waals surface area contributed by atoms with Crippen LogP contribution in [0.15, 0.2) is 24.3 Å². The number of carboxylic acid groups (broad SMARTS) is 1. The molecule has 0 radical (unpaired) electrons. The average molecular weight is 210 g/mol. The van der Waals surface area contributed by atoms with Gasteiger partial charge in [0, 0.05) is 19.7 Å². The molecule has 0 bridgehead atoms. The van der Waals surface area contributed by atoms with Crippen molar-refractivity contribution in [3.63, 3.8) is 0 Å². The van der Waals surface area contributed by atoms with Crippen LogP contribution in [0, 0.1) is 0 Å². The summed E-state index contributed by atoms with van der Waals surface area (Å²) in [5.74, 6) is 0.617. The average Bonchev–Trinajstić information content (AvgIpc) is 2.25. The van der Waals surface area contributed by atoms with Crippen molar-refractivity contribution in [1.29, 1.82) is 0 Å². The summed E-state index contributed by atoms with van der Waals surface area (Å²) in [5.41, 5.74) is 5.86. The Hall–Kier alpha value is -1.75. The Kier molecular flexibility index (Phi) is 3.93. The highest BCUT2D eigenvalue weighted by Gasteiger charge is 2.08. The zero-order chi connectivity index (χ0) is 11.3. The van der Waals surface area contributed by atoms with Crippen LogP contribution in [0.2, 0.25) is 0 Å². The number of hydrogen-bond acceptors (Lipinski definition) is 3. The van der Waals surface area contributed by atoms with Crippen molar-refractivity contribution in [3.05, 3.63) is 24.3 Å². The number of hydrogen-bond donors (Lipinski definition) is 2. The third-order valence-electron chi connectivity index (χ3n) is 1.88. The second-order valence-electron chi connectivity index (χ2n) is 2.98. The maximum absolute atomic E-state index is 10.7. The molecule has 0 aliphatic carbocycles. The van der Waals surface area contributed by atoms with Gasteiger partial charge in [-0.2, -0.15) is 0 Å². The highest BCUT2D eigenvalue weighted by Crippen LogP contribution is 2.20. The summed E-state index contributed by atoms with van der Waals surface area (Å²) in [6.45, 7) is 0.846. The summed E-state index contributed by atoms with van der Waals surface area (Å²) < 4.78 is 5.28. The van der Waals surface area contributed by atoms with Crippen molar-refractivity contribution in [3.8, 4) is 5.75 Å². The smallest absolute Gasteiger partial charge is 0.411 e. The fourth-order valence-electron chi connectivity index (χ4n) is 1.07. The molecule has 0 aliphatic rings. The van der Waals surface area contributed by atoms with E-state index >= 15 is 0 Å². The molecule has 0 atom stereocenters. The number of nitrogens with zero attached hydrogens (tertiary/aromatic N) is 1. The van der Waals surface area contributed by atoms with Crippen LogP contribution < -0.4 is 15.4 Å². The molecule has 1 aromatic rings. The number of amides is 1. The molecule has 1 aromatic carbocycles. The van der Waals surface area contributed by atoms with Crippen LogP contribution in [0.4, 0.5) is 10.5 Å².